The lowest BCUT2D eigenvalue weighted by atomic mass is 9.82. The summed E-state index contributed by atoms with van der Waals surface area (Å²) in [4.78, 5) is 10.5. The highest BCUT2D eigenvalue weighted by atomic mass is 19.1. The van der Waals surface area contributed by atoms with Crippen molar-refractivity contribution in [2.75, 3.05) is 13.2 Å². The zero-order valence-corrected chi connectivity index (χ0v) is 8.45. The molecule has 2 aliphatic rings. The van der Waals surface area contributed by atoms with Gasteiger partial charge in [0.1, 0.15) is 0 Å². The minimum atomic E-state index is -1.75. The van der Waals surface area contributed by atoms with E-state index in [4.69, 9.17) is 14.6 Å². The molecular weight excluding hydrogens is 203 g/mol. The summed E-state index contributed by atoms with van der Waals surface area (Å²) in [5.74, 6) is -2.28. The van der Waals surface area contributed by atoms with Crippen molar-refractivity contribution in [1.82, 2.24) is 0 Å². The van der Waals surface area contributed by atoms with Crippen LogP contribution >= 0.6 is 0 Å². The molecule has 1 aliphatic heterocycles. The SMILES string of the molecule is O=C(O)C(F)C1CCC2(CC1)OCCO2. The van der Waals surface area contributed by atoms with E-state index in [0.717, 1.165) is 0 Å². The van der Waals surface area contributed by atoms with Crippen molar-refractivity contribution in [2.24, 2.45) is 5.92 Å². The van der Waals surface area contributed by atoms with Crippen molar-refractivity contribution >= 4 is 5.97 Å². The van der Waals surface area contributed by atoms with Crippen LogP contribution in [0.2, 0.25) is 0 Å². The van der Waals surface area contributed by atoms with Crippen LogP contribution in [-0.2, 0) is 14.3 Å². The molecule has 1 aliphatic carbocycles. The molecule has 2 fully saturated rings. The lowest BCUT2D eigenvalue weighted by Crippen LogP contribution is -2.39. The summed E-state index contributed by atoms with van der Waals surface area (Å²) in [5.41, 5.74) is 0. The molecule has 0 amide bonds. The average Bonchev–Trinajstić information content (AvgIpc) is 2.67. The third-order valence-electron chi connectivity index (χ3n) is 3.26. The molecule has 0 aromatic rings. The fraction of sp³-hybridized carbons (Fsp3) is 0.900. The Balaban J connectivity index is 1.89. The molecule has 1 spiro atoms. The van der Waals surface area contributed by atoms with Crippen molar-refractivity contribution in [3.8, 4) is 0 Å². The Morgan fingerprint density at radius 3 is 2.33 bits per heavy atom. The van der Waals surface area contributed by atoms with Crippen molar-refractivity contribution in [1.29, 1.82) is 0 Å². The average molecular weight is 218 g/mol. The van der Waals surface area contributed by atoms with Crippen molar-refractivity contribution in [3.63, 3.8) is 0 Å². The Hall–Kier alpha value is -0.680. The normalized spacial score (nSPS) is 28.1. The first-order valence-corrected chi connectivity index (χ1v) is 5.28. The molecule has 1 saturated carbocycles. The summed E-state index contributed by atoms with van der Waals surface area (Å²) in [6, 6.07) is 0. The monoisotopic (exact) mass is 218 g/mol. The van der Waals surface area contributed by atoms with Crippen LogP contribution in [0.15, 0.2) is 0 Å². The van der Waals surface area contributed by atoms with Crippen molar-refractivity contribution in [2.45, 2.75) is 37.6 Å². The number of rotatable bonds is 2. The molecule has 86 valence electrons. The van der Waals surface area contributed by atoms with Gasteiger partial charge in [0.25, 0.3) is 0 Å². The van der Waals surface area contributed by atoms with Gasteiger partial charge in [0, 0.05) is 18.8 Å². The van der Waals surface area contributed by atoms with E-state index in [1.165, 1.54) is 0 Å². The van der Waals surface area contributed by atoms with Crippen LogP contribution in [-0.4, -0.2) is 36.2 Å². The standard InChI is InChI=1S/C10H15FO4/c11-8(9(12)13)7-1-3-10(4-2-7)14-5-6-15-10/h7-8H,1-6H2,(H,12,13). The molecule has 5 heteroatoms. The maximum Gasteiger partial charge on any atom is 0.338 e. The summed E-state index contributed by atoms with van der Waals surface area (Å²) >= 11 is 0. The Kier molecular flexibility index (Phi) is 2.93. The Morgan fingerprint density at radius 2 is 1.87 bits per heavy atom. The van der Waals surface area contributed by atoms with Gasteiger partial charge >= 0.3 is 5.97 Å². The molecule has 0 radical (unpaired) electrons. The van der Waals surface area contributed by atoms with E-state index in [2.05, 4.69) is 0 Å². The molecule has 0 bridgehead atoms. The molecule has 0 aromatic carbocycles. The number of halogens is 1. The largest absolute Gasteiger partial charge is 0.479 e. The van der Waals surface area contributed by atoms with E-state index in [1.807, 2.05) is 0 Å². The summed E-state index contributed by atoms with van der Waals surface area (Å²) in [7, 11) is 0. The highest BCUT2D eigenvalue weighted by Crippen LogP contribution is 2.39. The lowest BCUT2D eigenvalue weighted by Gasteiger charge is -2.35. The maximum absolute atomic E-state index is 13.2. The predicted molar refractivity (Wildman–Crippen MR) is 49.1 cm³/mol. The zero-order chi connectivity index (χ0) is 10.9. The van der Waals surface area contributed by atoms with Crippen LogP contribution < -0.4 is 0 Å². The number of carboxylic acid groups (broad SMARTS) is 1. The number of hydrogen-bond acceptors (Lipinski definition) is 3. The number of aliphatic carboxylic acids is 1. The quantitative estimate of drug-likeness (QED) is 0.760. The lowest BCUT2D eigenvalue weighted by molar-refractivity contribution is -0.187. The Bertz CT molecular complexity index is 240. The van der Waals surface area contributed by atoms with Crippen LogP contribution in [0.1, 0.15) is 25.7 Å². The highest BCUT2D eigenvalue weighted by molar-refractivity contribution is 5.72. The van der Waals surface area contributed by atoms with Crippen LogP contribution in [0.3, 0.4) is 0 Å². The van der Waals surface area contributed by atoms with Gasteiger partial charge in [-0.25, -0.2) is 9.18 Å². The first-order valence-electron chi connectivity index (χ1n) is 5.28. The second kappa shape index (κ2) is 4.06. The topological polar surface area (TPSA) is 55.8 Å². The van der Waals surface area contributed by atoms with Crippen LogP contribution in [0.5, 0.6) is 0 Å². The zero-order valence-electron chi connectivity index (χ0n) is 8.45. The molecule has 0 aromatic heterocycles. The highest BCUT2D eigenvalue weighted by Gasteiger charge is 2.43. The van der Waals surface area contributed by atoms with Crippen LogP contribution in [0, 0.1) is 5.92 Å². The summed E-state index contributed by atoms with van der Waals surface area (Å²) in [6.07, 6.45) is 0.501. The molecule has 1 saturated heterocycles. The Morgan fingerprint density at radius 1 is 1.33 bits per heavy atom. The van der Waals surface area contributed by atoms with Crippen LogP contribution in [0.4, 0.5) is 4.39 Å². The molecule has 4 nitrogen and oxygen atoms in total. The molecule has 1 unspecified atom stereocenters. The Labute approximate surface area is 87.4 Å². The molecule has 1 heterocycles. The van der Waals surface area contributed by atoms with E-state index in [-0.39, 0.29) is 5.92 Å². The van der Waals surface area contributed by atoms with Gasteiger partial charge in [-0.1, -0.05) is 0 Å². The van der Waals surface area contributed by atoms with Gasteiger partial charge in [-0.05, 0) is 12.8 Å². The molecular formula is C10H15FO4. The first kappa shape index (κ1) is 10.8. The van der Waals surface area contributed by atoms with Gasteiger partial charge in [-0.15, -0.1) is 0 Å². The van der Waals surface area contributed by atoms with Crippen molar-refractivity contribution < 1.29 is 23.8 Å². The summed E-state index contributed by atoms with van der Waals surface area (Å²) in [6.45, 7) is 1.17. The number of carboxylic acids is 1. The van der Waals surface area contributed by atoms with Gasteiger partial charge < -0.3 is 14.6 Å². The first-order chi connectivity index (χ1) is 7.13. The summed E-state index contributed by atoms with van der Waals surface area (Å²) < 4.78 is 24.2. The van der Waals surface area contributed by atoms with Gasteiger partial charge in [-0.3, -0.25) is 0 Å². The minimum Gasteiger partial charge on any atom is -0.479 e. The van der Waals surface area contributed by atoms with Gasteiger partial charge in [0.05, 0.1) is 13.2 Å². The molecule has 1 atom stereocenters. The maximum atomic E-state index is 13.2. The summed E-state index contributed by atoms with van der Waals surface area (Å²) in [5, 5.41) is 8.55. The predicted octanol–water partition coefficient (Wildman–Crippen LogP) is 1.34. The van der Waals surface area contributed by atoms with Crippen molar-refractivity contribution in [3.05, 3.63) is 0 Å². The van der Waals surface area contributed by atoms with E-state index in [9.17, 15) is 9.18 Å². The number of alkyl halides is 1. The fourth-order valence-corrected chi connectivity index (χ4v) is 2.36. The van der Waals surface area contributed by atoms with Gasteiger partial charge in [-0.2, -0.15) is 0 Å². The second-order valence-corrected chi connectivity index (χ2v) is 4.19. The smallest absolute Gasteiger partial charge is 0.338 e. The molecule has 2 rings (SSSR count). The number of carbonyl (C=O) groups is 1. The minimum absolute atomic E-state index is 0.388. The fourth-order valence-electron chi connectivity index (χ4n) is 2.36. The molecule has 1 N–H and O–H groups in total. The molecule has 15 heavy (non-hydrogen) atoms. The van der Waals surface area contributed by atoms with Gasteiger partial charge in [0.2, 0.25) is 0 Å². The third kappa shape index (κ3) is 2.13. The van der Waals surface area contributed by atoms with Gasteiger partial charge in [0.15, 0.2) is 12.0 Å². The number of ether oxygens (including phenoxy) is 2. The van der Waals surface area contributed by atoms with Crippen LogP contribution in [0.25, 0.3) is 0 Å². The van der Waals surface area contributed by atoms with E-state index < -0.39 is 17.9 Å². The number of hydrogen-bond donors (Lipinski definition) is 1. The van der Waals surface area contributed by atoms with E-state index in [0.29, 0.717) is 38.9 Å². The van der Waals surface area contributed by atoms with E-state index in [1.54, 1.807) is 0 Å². The third-order valence-corrected chi connectivity index (χ3v) is 3.26. The second-order valence-electron chi connectivity index (χ2n) is 4.19. The van der Waals surface area contributed by atoms with E-state index >= 15 is 0 Å².